The van der Waals surface area contributed by atoms with Crippen LogP contribution in [0.25, 0.3) is 27.9 Å². The summed E-state index contributed by atoms with van der Waals surface area (Å²) in [5.74, 6) is -0.121. The Kier molecular flexibility index (Phi) is 5.66. The van der Waals surface area contributed by atoms with Crippen molar-refractivity contribution in [1.29, 1.82) is 0 Å². The van der Waals surface area contributed by atoms with E-state index in [4.69, 9.17) is 0 Å². The van der Waals surface area contributed by atoms with Gasteiger partial charge in [-0.2, -0.15) is 22.8 Å². The average molecular weight is 461 g/mol. The van der Waals surface area contributed by atoms with Crippen LogP contribution in [0, 0.1) is 0 Å². The van der Waals surface area contributed by atoms with E-state index in [2.05, 4.69) is 30.8 Å². The van der Waals surface area contributed by atoms with E-state index in [9.17, 15) is 18.0 Å². The van der Waals surface area contributed by atoms with Crippen molar-refractivity contribution in [2.75, 3.05) is 33.0 Å². The van der Waals surface area contributed by atoms with E-state index in [0.29, 0.717) is 5.56 Å². The number of likely N-dealkylation sites (N-methyl/N-ethyl adjacent to an activating group) is 2. The van der Waals surface area contributed by atoms with Gasteiger partial charge in [-0.05, 0) is 26.2 Å². The van der Waals surface area contributed by atoms with Crippen molar-refractivity contribution in [2.45, 2.75) is 12.2 Å². The zero-order valence-electron chi connectivity index (χ0n) is 18.3. The molecular formula is C20H22F3N9O. The molecular weight excluding hydrogens is 439 g/mol. The number of nitrogens with one attached hydrogen (secondary N) is 2. The van der Waals surface area contributed by atoms with Crippen LogP contribution in [-0.2, 0) is 18.0 Å². The van der Waals surface area contributed by atoms with Gasteiger partial charge in [0.1, 0.15) is 6.04 Å². The van der Waals surface area contributed by atoms with Crippen molar-refractivity contribution >= 4 is 28.4 Å². The molecule has 0 unspecified atom stereocenters. The molecule has 0 radical (unpaired) electrons. The number of aryl methyl sites for hydroxylation is 1. The summed E-state index contributed by atoms with van der Waals surface area (Å²) in [7, 11) is 6.76. The Labute approximate surface area is 186 Å². The van der Waals surface area contributed by atoms with Crippen LogP contribution in [-0.4, -0.2) is 73.9 Å². The minimum absolute atomic E-state index is 0.0349. The highest BCUT2D eigenvalue weighted by Gasteiger charge is 2.34. The quantitative estimate of drug-likeness (QED) is 0.451. The maximum Gasteiger partial charge on any atom is 0.418 e. The van der Waals surface area contributed by atoms with Gasteiger partial charge in [0.25, 0.3) is 0 Å². The third kappa shape index (κ3) is 4.31. The van der Waals surface area contributed by atoms with Gasteiger partial charge < -0.3 is 15.5 Å². The normalized spacial score (nSPS) is 13.1. The molecule has 4 rings (SSSR count). The van der Waals surface area contributed by atoms with Gasteiger partial charge in [0.05, 0.1) is 22.8 Å². The number of hydrogen-bond donors (Lipinski definition) is 2. The lowest BCUT2D eigenvalue weighted by Crippen LogP contribution is -2.45. The van der Waals surface area contributed by atoms with Gasteiger partial charge in [-0.3, -0.25) is 9.48 Å². The third-order valence-electron chi connectivity index (χ3n) is 4.98. The first-order valence-corrected chi connectivity index (χ1v) is 9.97. The first-order valence-electron chi connectivity index (χ1n) is 9.97. The van der Waals surface area contributed by atoms with Crippen LogP contribution >= 0.6 is 0 Å². The molecule has 174 valence electrons. The number of anilines is 1. The van der Waals surface area contributed by atoms with Crippen molar-refractivity contribution in [3.05, 3.63) is 36.2 Å². The topological polar surface area (TPSA) is 105 Å². The van der Waals surface area contributed by atoms with Gasteiger partial charge in [0, 0.05) is 32.2 Å². The summed E-state index contributed by atoms with van der Waals surface area (Å²) in [6.07, 6.45) is -1.38. The number of nitrogens with zero attached hydrogens (tertiary/aromatic N) is 7. The second kappa shape index (κ2) is 8.31. The number of aromatic nitrogens is 6. The average Bonchev–Trinajstić information content (AvgIpc) is 3.38. The molecule has 33 heavy (non-hydrogen) atoms. The molecule has 3 heterocycles. The lowest BCUT2D eigenvalue weighted by Gasteiger charge is -2.22. The Morgan fingerprint density at radius 2 is 2.00 bits per heavy atom. The molecule has 0 aliphatic rings. The van der Waals surface area contributed by atoms with E-state index < -0.39 is 17.8 Å². The van der Waals surface area contributed by atoms with Crippen LogP contribution in [0.2, 0.25) is 0 Å². The largest absolute Gasteiger partial charge is 0.418 e. The molecule has 4 aromatic rings. The van der Waals surface area contributed by atoms with Crippen molar-refractivity contribution in [1.82, 2.24) is 39.6 Å². The smallest absolute Gasteiger partial charge is 0.357 e. The maximum absolute atomic E-state index is 13.8. The molecule has 1 atom stereocenters. The van der Waals surface area contributed by atoms with Crippen LogP contribution < -0.4 is 10.6 Å². The minimum atomic E-state index is -4.63. The van der Waals surface area contributed by atoms with E-state index in [1.807, 2.05) is 0 Å². The van der Waals surface area contributed by atoms with E-state index in [0.717, 1.165) is 6.07 Å². The first-order chi connectivity index (χ1) is 15.6. The lowest BCUT2D eigenvalue weighted by molar-refractivity contribution is -0.136. The molecule has 0 bridgehead atoms. The molecule has 13 heteroatoms. The fourth-order valence-corrected chi connectivity index (χ4v) is 3.50. The summed E-state index contributed by atoms with van der Waals surface area (Å²) < 4.78 is 44.1. The molecule has 1 amide bonds. The molecule has 2 N–H and O–H groups in total. The van der Waals surface area contributed by atoms with E-state index in [1.54, 1.807) is 43.1 Å². The predicted octanol–water partition coefficient (Wildman–Crippen LogP) is 1.78. The standard InChI is InChI=1S/C20H22F3N9O/c1-24-18(33)14(10-30(2)3)26-19-27-15-12(6-5-7-13(15)20(21,22)23)17-28-16(29-32(17)19)11-8-25-31(4)9-11/h5-9,14H,10H2,1-4H3,(H,24,33)(H,26,27)/t14-/m1/s1. The molecule has 0 fully saturated rings. The number of rotatable bonds is 6. The number of halogens is 3. The molecule has 1 aromatic carbocycles. The zero-order chi connectivity index (χ0) is 23.9. The summed E-state index contributed by atoms with van der Waals surface area (Å²) in [6.45, 7) is 0.270. The van der Waals surface area contributed by atoms with Crippen LogP contribution in [0.1, 0.15) is 5.56 Å². The predicted molar refractivity (Wildman–Crippen MR) is 116 cm³/mol. The molecule has 3 aromatic heterocycles. The summed E-state index contributed by atoms with van der Waals surface area (Å²) in [5, 5.41) is 14.2. The number of amides is 1. The number of alkyl halides is 3. The van der Waals surface area contributed by atoms with Crippen LogP contribution in [0.5, 0.6) is 0 Å². The fourth-order valence-electron chi connectivity index (χ4n) is 3.50. The number of fused-ring (bicyclic) bond motifs is 3. The summed E-state index contributed by atoms with van der Waals surface area (Å²) in [5.41, 5.74) is -0.428. The minimum Gasteiger partial charge on any atom is -0.357 e. The van der Waals surface area contributed by atoms with Gasteiger partial charge in [0.2, 0.25) is 11.9 Å². The SMILES string of the molecule is CNC(=O)[C@@H](CN(C)C)Nc1nc2c(C(F)(F)F)cccc2c2nc(-c3cnn(C)c3)nn12. The highest BCUT2D eigenvalue weighted by atomic mass is 19.4. The van der Waals surface area contributed by atoms with Crippen molar-refractivity contribution in [2.24, 2.45) is 7.05 Å². The Bertz CT molecular complexity index is 1330. The van der Waals surface area contributed by atoms with E-state index in [1.165, 1.54) is 23.7 Å². The Morgan fingerprint density at radius 3 is 2.61 bits per heavy atom. The monoisotopic (exact) mass is 461 g/mol. The van der Waals surface area contributed by atoms with Crippen molar-refractivity contribution in [3.8, 4) is 11.4 Å². The van der Waals surface area contributed by atoms with Gasteiger partial charge in [-0.15, -0.1) is 5.10 Å². The number of carbonyl (C=O) groups excluding carboxylic acids is 1. The second-order valence-corrected chi connectivity index (χ2v) is 7.78. The van der Waals surface area contributed by atoms with E-state index >= 15 is 0 Å². The summed E-state index contributed by atoms with van der Waals surface area (Å²) in [4.78, 5) is 23.0. The van der Waals surface area contributed by atoms with Gasteiger partial charge in [-0.1, -0.05) is 6.07 Å². The van der Waals surface area contributed by atoms with Crippen LogP contribution in [0.15, 0.2) is 30.6 Å². The second-order valence-electron chi connectivity index (χ2n) is 7.78. The Hall–Kier alpha value is -3.74. The molecule has 0 saturated heterocycles. The van der Waals surface area contributed by atoms with Gasteiger partial charge in [-0.25, -0.2) is 9.97 Å². The molecule has 10 nitrogen and oxygen atoms in total. The van der Waals surface area contributed by atoms with Crippen LogP contribution in [0.3, 0.4) is 0 Å². The third-order valence-corrected chi connectivity index (χ3v) is 4.98. The Balaban J connectivity index is 1.97. The lowest BCUT2D eigenvalue weighted by atomic mass is 10.1. The zero-order valence-corrected chi connectivity index (χ0v) is 18.3. The number of benzene rings is 1. The number of para-hydroxylation sites is 1. The highest BCUT2D eigenvalue weighted by Crippen LogP contribution is 2.36. The van der Waals surface area contributed by atoms with Crippen LogP contribution in [0.4, 0.5) is 19.1 Å². The van der Waals surface area contributed by atoms with E-state index in [-0.39, 0.29) is 40.8 Å². The fraction of sp³-hybridized carbons (Fsp3) is 0.350. The number of hydrogen-bond acceptors (Lipinski definition) is 7. The summed E-state index contributed by atoms with van der Waals surface area (Å²) in [6, 6.07) is 2.97. The molecule has 0 spiro atoms. The molecule has 0 saturated carbocycles. The first kappa shape index (κ1) is 22.5. The van der Waals surface area contributed by atoms with Crippen molar-refractivity contribution in [3.63, 3.8) is 0 Å². The molecule has 0 aliphatic heterocycles. The maximum atomic E-state index is 13.8. The Morgan fingerprint density at radius 1 is 1.24 bits per heavy atom. The van der Waals surface area contributed by atoms with Gasteiger partial charge in [0.15, 0.2) is 11.5 Å². The van der Waals surface area contributed by atoms with Gasteiger partial charge >= 0.3 is 6.18 Å². The summed E-state index contributed by atoms with van der Waals surface area (Å²) >= 11 is 0. The highest BCUT2D eigenvalue weighted by molar-refractivity contribution is 5.95. The molecule has 0 aliphatic carbocycles. The van der Waals surface area contributed by atoms with Crippen molar-refractivity contribution < 1.29 is 18.0 Å². The number of carbonyl (C=O) groups is 1.